The number of hydrogen-bond donors (Lipinski definition) is 3. The van der Waals surface area contributed by atoms with Crippen LogP contribution in [0.15, 0.2) is 54.6 Å². The first-order chi connectivity index (χ1) is 27.8. The number of aromatic nitrogens is 1. The lowest BCUT2D eigenvalue weighted by molar-refractivity contribution is -0.141. The Morgan fingerprint density at radius 1 is 1.02 bits per heavy atom. The van der Waals surface area contributed by atoms with Gasteiger partial charge in [0, 0.05) is 39.5 Å². The van der Waals surface area contributed by atoms with Crippen LogP contribution in [0.4, 0.5) is 4.79 Å². The lowest BCUT2D eigenvalue weighted by atomic mass is 9.90. The highest BCUT2D eigenvalue weighted by molar-refractivity contribution is 7.91. The first-order valence-electron chi connectivity index (χ1n) is 20.3. The highest BCUT2D eigenvalue weighted by atomic mass is 32.2. The van der Waals surface area contributed by atoms with Crippen LogP contribution in [0.5, 0.6) is 11.6 Å². The third-order valence-corrected chi connectivity index (χ3v) is 13.8. The molecule has 5 atom stereocenters. The number of carbonyl (C=O) groups is 4. The molecule has 0 spiro atoms. The molecule has 3 aliphatic heterocycles. The fraction of sp³-hybridized carbons (Fsp3) is 0.512. The topological polar surface area (TPSA) is 182 Å². The van der Waals surface area contributed by atoms with E-state index in [1.807, 2.05) is 74.5 Å². The zero-order chi connectivity index (χ0) is 40.8. The largest absolute Gasteiger partial charge is 0.496 e. The molecule has 5 aliphatic rings. The minimum atomic E-state index is -3.90. The molecular weight excluding hydrogens is 763 g/mol. The minimum absolute atomic E-state index is 0.0192. The Kier molecular flexibility index (Phi) is 10.6. The van der Waals surface area contributed by atoms with Gasteiger partial charge < -0.3 is 29.7 Å². The van der Waals surface area contributed by atoms with E-state index >= 15 is 0 Å². The molecule has 2 saturated carbocycles. The Labute approximate surface area is 338 Å². The van der Waals surface area contributed by atoms with E-state index in [1.165, 1.54) is 4.90 Å². The number of sulfonamides is 1. The Morgan fingerprint density at radius 3 is 2.62 bits per heavy atom. The van der Waals surface area contributed by atoms with Crippen molar-refractivity contribution in [3.63, 3.8) is 0 Å². The molecule has 58 heavy (non-hydrogen) atoms. The standard InChI is InChI=1S/C43H51N5O9S/c1-42(2)19-11-12-26-20-32-31(22-36(26)55-3)30-14-9-10-15-33(30)44-38(32)57-28-21-35-37(49)46-43(40(51)47-58(53,54)29-17-18-29)23-27(43)13-7-5-4-6-8-16-34(39(50)48(35)24-28)45-41(52)56-25-42/h7,9-15,20,22,27-29,34-35H,4-6,8,16-19,21,23-25H2,1-3H3,(H,45,52)(H,46,49)(H,47,51)/b12-11+,13-7-/t27-,28+,34-,35-,43+/m0/s1. The maximum Gasteiger partial charge on any atom is 0.407 e. The van der Waals surface area contributed by atoms with Gasteiger partial charge in [-0.2, -0.15) is 0 Å². The molecule has 1 saturated heterocycles. The van der Waals surface area contributed by atoms with E-state index in [0.717, 1.165) is 29.2 Å². The van der Waals surface area contributed by atoms with E-state index in [-0.39, 0.29) is 26.0 Å². The average Bonchev–Trinajstić information content (AvgIpc) is 4.12. The van der Waals surface area contributed by atoms with Crippen molar-refractivity contribution in [3.05, 3.63) is 60.2 Å². The number of benzene rings is 2. The van der Waals surface area contributed by atoms with Gasteiger partial charge in [-0.05, 0) is 63.1 Å². The number of alkyl carbamates (subject to hydrolysis) is 1. The van der Waals surface area contributed by atoms with Gasteiger partial charge in [-0.25, -0.2) is 18.2 Å². The number of nitrogens with one attached hydrogen (secondary N) is 3. The molecule has 1 aromatic heterocycles. The van der Waals surface area contributed by atoms with Gasteiger partial charge in [0.15, 0.2) is 0 Å². The van der Waals surface area contributed by atoms with Crippen LogP contribution in [0, 0.1) is 11.3 Å². The first kappa shape index (κ1) is 39.6. The van der Waals surface area contributed by atoms with Gasteiger partial charge in [-0.3, -0.25) is 19.1 Å². The number of hydrogen-bond acceptors (Lipinski definition) is 10. The van der Waals surface area contributed by atoms with Crippen molar-refractivity contribution < 1.29 is 41.8 Å². The molecule has 4 heterocycles. The van der Waals surface area contributed by atoms with E-state index in [4.69, 9.17) is 19.2 Å². The lowest BCUT2D eigenvalue weighted by Gasteiger charge is -2.30. The number of nitrogens with zero attached hydrogens (tertiary/aromatic N) is 2. The van der Waals surface area contributed by atoms with Gasteiger partial charge in [-0.15, -0.1) is 0 Å². The fourth-order valence-electron chi connectivity index (χ4n) is 8.38. The number of fused-ring (bicyclic) bond motifs is 6. The third kappa shape index (κ3) is 8.10. The molecule has 2 aliphatic carbocycles. The molecule has 3 N–H and O–H groups in total. The van der Waals surface area contributed by atoms with Crippen LogP contribution in [-0.4, -0.2) is 91.4 Å². The third-order valence-electron chi connectivity index (χ3n) is 12.0. The van der Waals surface area contributed by atoms with Crippen molar-refractivity contribution >= 4 is 61.6 Å². The number of allylic oxidation sites excluding steroid dienone is 2. The number of rotatable bonds is 4. The van der Waals surface area contributed by atoms with Crippen molar-refractivity contribution in [1.29, 1.82) is 0 Å². The maximum absolute atomic E-state index is 14.7. The molecule has 5 bridgehead atoms. The average molecular weight is 814 g/mol. The lowest BCUT2D eigenvalue weighted by Crippen LogP contribution is -2.58. The van der Waals surface area contributed by atoms with E-state index in [1.54, 1.807) is 7.11 Å². The van der Waals surface area contributed by atoms with Crippen LogP contribution in [-0.2, 0) is 29.1 Å². The Bertz CT molecular complexity index is 2320. The number of pyridine rings is 1. The van der Waals surface area contributed by atoms with Crippen LogP contribution in [0.1, 0.15) is 83.6 Å². The van der Waals surface area contributed by atoms with Crippen molar-refractivity contribution in [2.45, 2.75) is 107 Å². The quantitative estimate of drug-likeness (QED) is 0.231. The van der Waals surface area contributed by atoms with Crippen LogP contribution < -0.4 is 24.8 Å². The number of para-hydroxylation sites is 1. The summed E-state index contributed by atoms with van der Waals surface area (Å²) < 4.78 is 46.4. The van der Waals surface area contributed by atoms with Gasteiger partial charge in [-0.1, -0.05) is 69.2 Å². The molecule has 0 radical (unpaired) electrons. The normalized spacial score (nSPS) is 29.0. The fourth-order valence-corrected chi connectivity index (χ4v) is 9.74. The monoisotopic (exact) mass is 813 g/mol. The van der Waals surface area contributed by atoms with Crippen LogP contribution in [0.25, 0.3) is 27.8 Å². The van der Waals surface area contributed by atoms with Crippen molar-refractivity contribution in [2.75, 3.05) is 20.3 Å². The van der Waals surface area contributed by atoms with E-state index < -0.39 is 74.1 Å². The predicted octanol–water partition coefficient (Wildman–Crippen LogP) is 5.29. The number of ether oxygens (including phenoxy) is 3. The smallest absolute Gasteiger partial charge is 0.407 e. The summed E-state index contributed by atoms with van der Waals surface area (Å²) in [4.78, 5) is 62.8. The summed E-state index contributed by atoms with van der Waals surface area (Å²) in [5.41, 5.74) is -0.501. The van der Waals surface area contributed by atoms with Gasteiger partial charge in [0.2, 0.25) is 27.7 Å². The second kappa shape index (κ2) is 15.5. The molecular formula is C43H51N5O9S. The van der Waals surface area contributed by atoms with Gasteiger partial charge >= 0.3 is 6.09 Å². The van der Waals surface area contributed by atoms with E-state index in [9.17, 15) is 27.6 Å². The van der Waals surface area contributed by atoms with Crippen LogP contribution >= 0.6 is 0 Å². The summed E-state index contributed by atoms with van der Waals surface area (Å²) in [6.45, 7) is 4.03. The Morgan fingerprint density at radius 2 is 1.83 bits per heavy atom. The molecule has 4 amide bonds. The Hall–Kier alpha value is -5.18. The maximum atomic E-state index is 14.7. The second-order valence-corrected chi connectivity index (χ2v) is 19.1. The number of methoxy groups -OCH3 is 1. The molecule has 14 nitrogen and oxygen atoms in total. The molecule has 3 aromatic rings. The van der Waals surface area contributed by atoms with Crippen LogP contribution in [0.2, 0.25) is 0 Å². The molecule has 0 unspecified atom stereocenters. The number of amides is 4. The molecule has 15 heteroatoms. The number of carbonyl (C=O) groups excluding carboxylic acids is 4. The zero-order valence-electron chi connectivity index (χ0n) is 33.1. The number of cyclic esters (lactones) is 1. The molecule has 3 fully saturated rings. The molecule has 308 valence electrons. The van der Waals surface area contributed by atoms with Gasteiger partial charge in [0.05, 0.1) is 31.0 Å². The van der Waals surface area contributed by atoms with E-state index in [2.05, 4.69) is 15.4 Å². The SMILES string of the molecule is COc1cc2c3cc1/C=C/CC(C)(C)COC(=O)N[C@H]1CCCCC/C=C\[C@H]4C[C@@]4(C(=O)NS(=O)(=O)C4CC4)NC(=O)[C@@H]4C[C@H](CN4C1=O)Oc3nc1ccccc12. The summed E-state index contributed by atoms with van der Waals surface area (Å²) >= 11 is 0. The summed E-state index contributed by atoms with van der Waals surface area (Å²) in [5.74, 6) is -1.36. The zero-order valence-corrected chi connectivity index (χ0v) is 33.9. The summed E-state index contributed by atoms with van der Waals surface area (Å²) in [6, 6.07) is 9.49. The first-order valence-corrected chi connectivity index (χ1v) is 21.8. The molecule has 2 aromatic carbocycles. The highest BCUT2D eigenvalue weighted by Crippen LogP contribution is 2.46. The summed E-state index contributed by atoms with van der Waals surface area (Å²) in [5, 5.41) is 7.55. The van der Waals surface area contributed by atoms with Crippen LogP contribution in [0.3, 0.4) is 0 Å². The summed E-state index contributed by atoms with van der Waals surface area (Å²) in [6.07, 6.45) is 11.3. The molecule has 8 rings (SSSR count). The Balaban J connectivity index is 1.20. The van der Waals surface area contributed by atoms with E-state index in [0.29, 0.717) is 61.1 Å². The van der Waals surface area contributed by atoms with Crippen molar-refractivity contribution in [3.8, 4) is 11.6 Å². The van der Waals surface area contributed by atoms with Crippen molar-refractivity contribution in [2.24, 2.45) is 11.3 Å². The highest BCUT2D eigenvalue weighted by Gasteiger charge is 2.62. The van der Waals surface area contributed by atoms with Crippen molar-refractivity contribution in [1.82, 2.24) is 25.2 Å². The minimum Gasteiger partial charge on any atom is -0.496 e. The van der Waals surface area contributed by atoms with Gasteiger partial charge in [0.25, 0.3) is 5.91 Å². The summed E-state index contributed by atoms with van der Waals surface area (Å²) in [7, 11) is -2.29. The predicted molar refractivity (Wildman–Crippen MR) is 217 cm³/mol. The second-order valence-electron chi connectivity index (χ2n) is 17.1. The van der Waals surface area contributed by atoms with Gasteiger partial charge in [0.1, 0.15) is 29.5 Å².